The zero-order valence-electron chi connectivity index (χ0n) is 25.9. The number of carbonyl (C=O) groups is 2. The Morgan fingerprint density at radius 3 is 2.45 bits per heavy atom. The van der Waals surface area contributed by atoms with Gasteiger partial charge in [-0.2, -0.15) is 0 Å². The van der Waals surface area contributed by atoms with Crippen LogP contribution in [0.15, 0.2) is 75.7 Å². The van der Waals surface area contributed by atoms with E-state index in [-0.39, 0.29) is 17.7 Å². The predicted molar refractivity (Wildman–Crippen MR) is 172 cm³/mol. The third-order valence-electron chi connectivity index (χ3n) is 7.92. The van der Waals surface area contributed by atoms with Crippen molar-refractivity contribution in [3.8, 4) is 5.69 Å². The summed E-state index contributed by atoms with van der Waals surface area (Å²) < 4.78 is 9.61. The second-order valence-corrected chi connectivity index (χ2v) is 12.3. The molecule has 0 spiro atoms. The van der Waals surface area contributed by atoms with E-state index < -0.39 is 18.0 Å². The second kappa shape index (κ2) is 12.6. The van der Waals surface area contributed by atoms with Gasteiger partial charge in [0.15, 0.2) is 4.80 Å². The number of allylic oxidation sites excluding steroid dienone is 1. The van der Waals surface area contributed by atoms with Crippen molar-refractivity contribution in [3.63, 3.8) is 0 Å². The number of carbonyl (C=O) groups excluding carboxylic acids is 1. The molecular weight excluding hydrogens is 574 g/mol. The van der Waals surface area contributed by atoms with Crippen molar-refractivity contribution in [2.24, 2.45) is 4.99 Å². The lowest BCUT2D eigenvalue weighted by Crippen LogP contribution is -2.40. The first kappa shape index (κ1) is 30.9. The Morgan fingerprint density at radius 1 is 1.09 bits per heavy atom. The molecule has 0 aliphatic carbocycles. The summed E-state index contributed by atoms with van der Waals surface area (Å²) in [5.41, 5.74) is 6.35. The van der Waals surface area contributed by atoms with Crippen LogP contribution in [0.5, 0.6) is 0 Å². The third kappa shape index (κ3) is 5.71. The van der Waals surface area contributed by atoms with Crippen LogP contribution in [0.3, 0.4) is 0 Å². The summed E-state index contributed by atoms with van der Waals surface area (Å²) in [5.74, 6) is -1.11. The Morgan fingerprint density at radius 2 is 1.82 bits per heavy atom. The Kier molecular flexibility index (Phi) is 8.87. The zero-order valence-corrected chi connectivity index (χ0v) is 26.7. The van der Waals surface area contributed by atoms with E-state index in [1.807, 2.05) is 67.8 Å². The maximum absolute atomic E-state index is 14.2. The third-order valence-corrected chi connectivity index (χ3v) is 8.90. The Labute approximate surface area is 260 Å². The van der Waals surface area contributed by atoms with Gasteiger partial charge in [0.2, 0.25) is 0 Å². The number of benzene rings is 2. The van der Waals surface area contributed by atoms with Crippen LogP contribution in [0, 0.1) is 13.8 Å². The topological polar surface area (TPSA) is 103 Å². The number of fused-ring (bicyclic) bond motifs is 1. The summed E-state index contributed by atoms with van der Waals surface area (Å²) in [6, 6.07) is 16.2. The Hall–Kier alpha value is -4.50. The molecule has 0 amide bonds. The number of aromatic nitrogens is 2. The van der Waals surface area contributed by atoms with Crippen LogP contribution in [0.4, 0.5) is 0 Å². The summed E-state index contributed by atoms with van der Waals surface area (Å²) in [5, 5.41) is 9.49. The number of hydrogen-bond donors (Lipinski definition) is 1. The van der Waals surface area contributed by atoms with Crippen LogP contribution in [0.1, 0.15) is 90.9 Å². The summed E-state index contributed by atoms with van der Waals surface area (Å²) >= 11 is 1.30. The summed E-state index contributed by atoms with van der Waals surface area (Å²) in [7, 11) is 0. The van der Waals surface area contributed by atoms with Crippen LogP contribution in [0.25, 0.3) is 11.8 Å². The molecule has 0 radical (unpaired) electrons. The summed E-state index contributed by atoms with van der Waals surface area (Å²) in [6.45, 7) is 12.2. The minimum atomic E-state index is -0.992. The molecule has 1 N–H and O–H groups in total. The molecule has 8 nitrogen and oxygen atoms in total. The van der Waals surface area contributed by atoms with Crippen molar-refractivity contribution >= 4 is 29.4 Å². The van der Waals surface area contributed by atoms with Gasteiger partial charge in [0.25, 0.3) is 5.56 Å². The van der Waals surface area contributed by atoms with Crippen molar-refractivity contribution in [2.45, 2.75) is 66.3 Å². The van der Waals surface area contributed by atoms with E-state index in [0.717, 1.165) is 34.6 Å². The van der Waals surface area contributed by atoms with E-state index in [1.54, 1.807) is 29.7 Å². The highest BCUT2D eigenvalue weighted by molar-refractivity contribution is 7.07. The fourth-order valence-corrected chi connectivity index (χ4v) is 6.76. The molecule has 44 heavy (non-hydrogen) atoms. The maximum atomic E-state index is 14.2. The SMILES string of the molecule is CCCC1=C(C(=O)OCC)[C@@H](c2ccc(C(C)C)cc2)n2c(s/c(=C\c3cc(C)n(-c4cccc(C(=O)O)c4)c3C)c2=O)=N1. The first-order valence-electron chi connectivity index (χ1n) is 14.9. The fourth-order valence-electron chi connectivity index (χ4n) is 5.75. The molecule has 3 heterocycles. The molecule has 0 unspecified atom stereocenters. The van der Waals surface area contributed by atoms with E-state index in [1.165, 1.54) is 16.9 Å². The number of rotatable bonds is 9. The van der Waals surface area contributed by atoms with Crippen molar-refractivity contribution < 1.29 is 19.4 Å². The first-order valence-corrected chi connectivity index (χ1v) is 15.7. The standard InChI is InChI=1S/C35H37N3O5S/c1-7-10-28-30(34(42)43-8-2)31(24-15-13-23(14-16-24)20(3)4)38-32(39)29(44-35(38)36-28)19-26-17-21(5)37(22(26)6)27-12-9-11-25(18-27)33(40)41/h9,11-20,31H,7-8,10H2,1-6H3,(H,40,41)/b29-19-/t31-/m1/s1. The smallest absolute Gasteiger partial charge is 0.338 e. The Bertz CT molecular complexity index is 1960. The van der Waals surface area contributed by atoms with Crippen LogP contribution in [-0.4, -0.2) is 32.8 Å². The zero-order chi connectivity index (χ0) is 31.7. The van der Waals surface area contributed by atoms with Crippen molar-refractivity contribution in [1.29, 1.82) is 0 Å². The molecule has 0 fully saturated rings. The molecule has 1 aliphatic heterocycles. The molecule has 4 aromatic rings. The van der Waals surface area contributed by atoms with Crippen molar-refractivity contribution in [3.05, 3.63) is 119 Å². The van der Waals surface area contributed by atoms with E-state index >= 15 is 0 Å². The summed E-state index contributed by atoms with van der Waals surface area (Å²) in [6.07, 6.45) is 3.22. The highest BCUT2D eigenvalue weighted by Crippen LogP contribution is 2.33. The first-order chi connectivity index (χ1) is 21.0. The fraction of sp³-hybridized carbons (Fsp3) is 0.314. The minimum Gasteiger partial charge on any atom is -0.478 e. The van der Waals surface area contributed by atoms with Crippen molar-refractivity contribution in [1.82, 2.24) is 9.13 Å². The second-order valence-electron chi connectivity index (χ2n) is 11.3. The van der Waals surface area contributed by atoms with E-state index in [9.17, 15) is 19.5 Å². The largest absolute Gasteiger partial charge is 0.478 e. The molecule has 2 aromatic heterocycles. The van der Waals surface area contributed by atoms with E-state index in [4.69, 9.17) is 9.73 Å². The number of ether oxygens (including phenoxy) is 1. The molecule has 1 aliphatic rings. The lowest BCUT2D eigenvalue weighted by molar-refractivity contribution is -0.139. The highest BCUT2D eigenvalue weighted by atomic mass is 32.1. The monoisotopic (exact) mass is 611 g/mol. The normalized spacial score (nSPS) is 15.0. The van der Waals surface area contributed by atoms with Gasteiger partial charge in [-0.05, 0) is 80.1 Å². The molecule has 0 bridgehead atoms. The van der Waals surface area contributed by atoms with Crippen molar-refractivity contribution in [2.75, 3.05) is 6.61 Å². The van der Waals surface area contributed by atoms with E-state index in [0.29, 0.717) is 32.9 Å². The van der Waals surface area contributed by atoms with E-state index in [2.05, 4.69) is 13.8 Å². The molecule has 2 aromatic carbocycles. The van der Waals surface area contributed by atoms with Gasteiger partial charge in [-0.15, -0.1) is 0 Å². The number of nitrogens with zero attached hydrogens (tertiary/aromatic N) is 3. The maximum Gasteiger partial charge on any atom is 0.338 e. The lowest BCUT2D eigenvalue weighted by atomic mass is 9.92. The van der Waals surface area contributed by atoms with Crippen LogP contribution in [0.2, 0.25) is 0 Å². The van der Waals surface area contributed by atoms with Crippen LogP contribution < -0.4 is 14.9 Å². The van der Waals surface area contributed by atoms with Gasteiger partial charge in [0.1, 0.15) is 0 Å². The number of hydrogen-bond acceptors (Lipinski definition) is 6. The van der Waals surface area contributed by atoms with Gasteiger partial charge >= 0.3 is 11.9 Å². The molecule has 5 rings (SSSR count). The van der Waals surface area contributed by atoms with Gasteiger partial charge in [0, 0.05) is 17.1 Å². The van der Waals surface area contributed by atoms with Gasteiger partial charge in [-0.25, -0.2) is 14.6 Å². The number of thiazole rings is 1. The van der Waals surface area contributed by atoms with Crippen LogP contribution >= 0.6 is 11.3 Å². The van der Waals surface area contributed by atoms with Gasteiger partial charge in [-0.1, -0.05) is 68.9 Å². The number of carboxylic acid groups (broad SMARTS) is 1. The number of esters is 1. The number of aryl methyl sites for hydroxylation is 1. The molecule has 1 atom stereocenters. The highest BCUT2D eigenvalue weighted by Gasteiger charge is 2.34. The quantitative estimate of drug-likeness (QED) is 0.241. The molecular formula is C35H37N3O5S. The Balaban J connectivity index is 1.70. The van der Waals surface area contributed by atoms with Gasteiger partial charge in [-0.3, -0.25) is 9.36 Å². The van der Waals surface area contributed by atoms with Gasteiger partial charge in [0.05, 0.1) is 34.0 Å². The molecule has 228 valence electrons. The van der Waals surface area contributed by atoms with Gasteiger partial charge < -0.3 is 14.4 Å². The minimum absolute atomic E-state index is 0.201. The summed E-state index contributed by atoms with van der Waals surface area (Å²) in [4.78, 5) is 44.6. The average Bonchev–Trinajstić information content (AvgIpc) is 3.46. The average molecular weight is 612 g/mol. The lowest BCUT2D eigenvalue weighted by Gasteiger charge is -2.26. The molecule has 0 saturated carbocycles. The van der Waals surface area contributed by atoms with Crippen LogP contribution in [-0.2, 0) is 9.53 Å². The molecule has 9 heteroatoms. The number of aromatic carboxylic acids is 1. The molecule has 0 saturated heterocycles. The predicted octanol–water partition coefficient (Wildman–Crippen LogP) is 5.81. The number of carboxylic acids is 1.